The van der Waals surface area contributed by atoms with E-state index in [1.54, 1.807) is 0 Å². The summed E-state index contributed by atoms with van der Waals surface area (Å²) in [5, 5.41) is 6.67. The first kappa shape index (κ1) is 20.2. The third-order valence-corrected chi connectivity index (χ3v) is 7.93. The van der Waals surface area contributed by atoms with E-state index in [0.717, 1.165) is 54.5 Å². The Bertz CT molecular complexity index is 738. The van der Waals surface area contributed by atoms with Crippen LogP contribution < -0.4 is 5.32 Å². The summed E-state index contributed by atoms with van der Waals surface area (Å²) in [5.41, 5.74) is -1.00. The van der Waals surface area contributed by atoms with Crippen LogP contribution in [-0.4, -0.2) is 21.7 Å². The smallest absolute Gasteiger partial charge is 0.347 e. The molecule has 0 aliphatic heterocycles. The fourth-order valence-electron chi connectivity index (χ4n) is 6.58. The van der Waals surface area contributed by atoms with Gasteiger partial charge in [0.05, 0.1) is 4.47 Å². The van der Waals surface area contributed by atoms with E-state index < -0.39 is 17.8 Å². The van der Waals surface area contributed by atoms with Crippen LogP contribution >= 0.6 is 15.9 Å². The Hall–Kier alpha value is -1.05. The molecular formula is C20H27BrF3N3O. The molecular weight excluding hydrogens is 435 g/mol. The number of aryl methyl sites for hydroxylation is 1. The molecule has 1 heterocycles. The van der Waals surface area contributed by atoms with Gasteiger partial charge in [-0.2, -0.15) is 18.3 Å². The molecule has 28 heavy (non-hydrogen) atoms. The monoisotopic (exact) mass is 461 g/mol. The number of halogens is 4. The highest BCUT2D eigenvalue weighted by atomic mass is 79.9. The van der Waals surface area contributed by atoms with Gasteiger partial charge >= 0.3 is 6.18 Å². The highest BCUT2D eigenvalue weighted by molar-refractivity contribution is 9.10. The molecule has 5 rings (SSSR count). The van der Waals surface area contributed by atoms with E-state index in [1.165, 1.54) is 26.3 Å². The summed E-state index contributed by atoms with van der Waals surface area (Å²) < 4.78 is 40.2. The lowest BCUT2D eigenvalue weighted by molar-refractivity contribution is -0.142. The number of hydrogen-bond donors (Lipinski definition) is 1. The van der Waals surface area contributed by atoms with Crippen molar-refractivity contribution < 1.29 is 18.0 Å². The van der Waals surface area contributed by atoms with E-state index in [1.807, 2.05) is 0 Å². The van der Waals surface area contributed by atoms with Crippen LogP contribution in [-0.2, 0) is 13.2 Å². The minimum Gasteiger partial charge on any atom is -0.347 e. The normalized spacial score (nSPS) is 32.6. The van der Waals surface area contributed by atoms with Gasteiger partial charge < -0.3 is 5.32 Å². The predicted molar refractivity (Wildman–Crippen MR) is 103 cm³/mol. The van der Waals surface area contributed by atoms with Crippen molar-refractivity contribution in [3.05, 3.63) is 15.9 Å². The second kappa shape index (κ2) is 7.03. The zero-order valence-electron chi connectivity index (χ0n) is 16.3. The third kappa shape index (κ3) is 3.39. The van der Waals surface area contributed by atoms with Crippen LogP contribution in [0.25, 0.3) is 0 Å². The average Bonchev–Trinajstić information content (AvgIpc) is 2.88. The van der Waals surface area contributed by atoms with Crippen molar-refractivity contribution in [1.29, 1.82) is 0 Å². The van der Waals surface area contributed by atoms with E-state index in [9.17, 15) is 18.0 Å². The van der Waals surface area contributed by atoms with Gasteiger partial charge in [0.1, 0.15) is 5.69 Å². The maximum atomic E-state index is 13.2. The first-order valence-corrected chi connectivity index (χ1v) is 11.0. The molecule has 0 aromatic carbocycles. The Morgan fingerprint density at radius 1 is 1.25 bits per heavy atom. The predicted octanol–water partition coefficient (Wildman–Crippen LogP) is 5.32. The van der Waals surface area contributed by atoms with Gasteiger partial charge in [-0.1, -0.05) is 13.3 Å². The lowest BCUT2D eigenvalue weighted by Crippen LogP contribution is -2.57. The first-order valence-electron chi connectivity index (χ1n) is 10.2. The number of carbonyl (C=O) groups is 1. The van der Waals surface area contributed by atoms with Crippen LogP contribution in [0.3, 0.4) is 0 Å². The molecule has 1 aromatic rings. The average molecular weight is 462 g/mol. The molecule has 1 N–H and O–H groups in total. The highest BCUT2D eigenvalue weighted by Gasteiger charge is 2.54. The molecule has 4 aliphatic rings. The number of rotatable bonds is 5. The number of nitrogens with one attached hydrogen (secondary N) is 1. The van der Waals surface area contributed by atoms with Crippen LogP contribution in [0.1, 0.15) is 74.5 Å². The molecule has 1 aromatic heterocycles. The molecule has 0 spiro atoms. The number of alkyl halides is 3. The number of amides is 1. The van der Waals surface area contributed by atoms with Crippen molar-refractivity contribution in [2.24, 2.45) is 30.2 Å². The van der Waals surface area contributed by atoms with Gasteiger partial charge in [0.2, 0.25) is 0 Å². The number of carbonyl (C=O) groups excluding carboxylic acids is 1. The summed E-state index contributed by atoms with van der Waals surface area (Å²) in [7, 11) is 1.38. The molecule has 8 heteroatoms. The van der Waals surface area contributed by atoms with Crippen molar-refractivity contribution >= 4 is 21.8 Å². The van der Waals surface area contributed by atoms with Crippen LogP contribution in [0, 0.1) is 23.2 Å². The van der Waals surface area contributed by atoms with Crippen molar-refractivity contribution in [3.63, 3.8) is 0 Å². The second-order valence-corrected chi connectivity index (χ2v) is 10.0. The zero-order chi connectivity index (χ0) is 20.3. The van der Waals surface area contributed by atoms with Crippen LogP contribution in [0.2, 0.25) is 0 Å². The Morgan fingerprint density at radius 3 is 2.21 bits per heavy atom. The molecule has 156 valence electrons. The molecule has 4 bridgehead atoms. The third-order valence-electron chi connectivity index (χ3n) is 7.18. The van der Waals surface area contributed by atoms with E-state index >= 15 is 0 Å². The van der Waals surface area contributed by atoms with E-state index in [2.05, 4.69) is 33.3 Å². The van der Waals surface area contributed by atoms with Gasteiger partial charge in [-0.3, -0.25) is 9.48 Å². The van der Waals surface area contributed by atoms with Crippen LogP contribution in [0.5, 0.6) is 0 Å². The standard InChI is InChI=1S/C20H27BrF3N3O/c1-3-4-14(19-8-11-5-12(9-19)7-13(6-11)10-19)25-18(28)16-15(21)17(20(22,23)24)26-27(16)2/h11-14H,3-10H2,1-2H3,(H,25,28). The Labute approximate surface area is 171 Å². The summed E-state index contributed by atoms with van der Waals surface area (Å²) in [5.74, 6) is 1.79. The highest BCUT2D eigenvalue weighted by Crippen LogP contribution is 2.61. The quantitative estimate of drug-likeness (QED) is 0.644. The van der Waals surface area contributed by atoms with Crippen LogP contribution in [0.4, 0.5) is 13.2 Å². The van der Waals surface area contributed by atoms with Gasteiger partial charge in [0.25, 0.3) is 5.91 Å². The first-order chi connectivity index (χ1) is 13.1. The zero-order valence-corrected chi connectivity index (χ0v) is 17.9. The van der Waals surface area contributed by atoms with E-state index in [4.69, 9.17) is 0 Å². The summed E-state index contributed by atoms with van der Waals surface area (Å²) in [4.78, 5) is 13.0. The van der Waals surface area contributed by atoms with Crippen LogP contribution in [0.15, 0.2) is 4.47 Å². The SMILES string of the molecule is CCCC(NC(=O)c1c(Br)c(C(F)(F)F)nn1C)C12CC3CC(CC(C3)C1)C2. The lowest BCUT2D eigenvalue weighted by atomic mass is 9.47. The summed E-state index contributed by atoms with van der Waals surface area (Å²) in [6, 6.07) is 0.00883. The molecule has 4 nitrogen and oxygen atoms in total. The van der Waals surface area contributed by atoms with Gasteiger partial charge in [-0.25, -0.2) is 0 Å². The topological polar surface area (TPSA) is 46.9 Å². The Kier molecular flexibility index (Phi) is 5.08. The minimum atomic E-state index is -4.60. The molecule has 1 amide bonds. The Morgan fingerprint density at radius 2 is 1.79 bits per heavy atom. The summed E-state index contributed by atoms with van der Waals surface area (Å²) >= 11 is 2.97. The second-order valence-electron chi connectivity index (χ2n) is 9.23. The Balaban J connectivity index is 1.60. The van der Waals surface area contributed by atoms with Crippen molar-refractivity contribution in [2.45, 2.75) is 70.5 Å². The van der Waals surface area contributed by atoms with Gasteiger partial charge in [-0.15, -0.1) is 0 Å². The number of nitrogens with zero attached hydrogens (tertiary/aromatic N) is 2. The molecule has 4 aliphatic carbocycles. The van der Waals surface area contributed by atoms with Gasteiger partial charge in [0.15, 0.2) is 5.69 Å². The maximum Gasteiger partial charge on any atom is 0.436 e. The molecule has 4 saturated carbocycles. The fraction of sp³-hybridized carbons (Fsp3) is 0.800. The molecule has 0 saturated heterocycles. The summed E-state index contributed by atoms with van der Waals surface area (Å²) in [6.45, 7) is 2.10. The number of hydrogen-bond acceptors (Lipinski definition) is 2. The van der Waals surface area contributed by atoms with Crippen molar-refractivity contribution in [2.75, 3.05) is 0 Å². The number of aromatic nitrogens is 2. The largest absolute Gasteiger partial charge is 0.436 e. The van der Waals surface area contributed by atoms with E-state index in [-0.39, 0.29) is 21.6 Å². The molecule has 1 atom stereocenters. The minimum absolute atomic E-state index is 0.00883. The van der Waals surface area contributed by atoms with Gasteiger partial charge in [-0.05, 0) is 84.0 Å². The maximum absolute atomic E-state index is 13.2. The van der Waals surface area contributed by atoms with Crippen molar-refractivity contribution in [1.82, 2.24) is 15.1 Å². The molecule has 4 fully saturated rings. The fourth-order valence-corrected chi connectivity index (χ4v) is 7.32. The lowest BCUT2D eigenvalue weighted by Gasteiger charge is -2.59. The van der Waals surface area contributed by atoms with Crippen molar-refractivity contribution in [3.8, 4) is 0 Å². The van der Waals surface area contributed by atoms with Gasteiger partial charge in [0, 0.05) is 13.1 Å². The molecule has 1 unspecified atom stereocenters. The summed E-state index contributed by atoms with van der Waals surface area (Å²) in [6.07, 6.45) is 4.57. The molecule has 0 radical (unpaired) electrons. The van der Waals surface area contributed by atoms with E-state index in [0.29, 0.717) is 0 Å².